The topological polar surface area (TPSA) is 152 Å². The Kier molecular flexibility index (Phi) is 7.02. The van der Waals surface area contributed by atoms with Crippen molar-refractivity contribution >= 4 is 58.6 Å². The standard InChI is InChI=1S/C15H16ClN3O8S/c1-6(20)27-4-7-5-28-14-10(13(23)19(14)11(7)15(24)25)17-12(22)9(18-26-2)8(21)3-16/h10,14H,3-5H2,1-2H3,(H,17,22)(H,24,25)/b18-9-/t10?,14-/m1/s1. The molecule has 0 saturated carbocycles. The second kappa shape index (κ2) is 9.06. The Labute approximate surface area is 168 Å². The third-order valence-corrected chi connectivity index (χ3v) is 5.35. The summed E-state index contributed by atoms with van der Waals surface area (Å²) in [5, 5.41) is 14.4. The van der Waals surface area contributed by atoms with Crippen LogP contribution in [0.2, 0.25) is 0 Å². The second-order valence-corrected chi connectivity index (χ2v) is 6.95. The number of thioether (sulfide) groups is 1. The monoisotopic (exact) mass is 433 g/mol. The van der Waals surface area contributed by atoms with Crippen molar-refractivity contribution in [2.75, 3.05) is 25.3 Å². The Morgan fingerprint density at radius 2 is 2.07 bits per heavy atom. The predicted molar refractivity (Wildman–Crippen MR) is 96.5 cm³/mol. The van der Waals surface area contributed by atoms with Gasteiger partial charge < -0.3 is 20.0 Å². The molecule has 2 rings (SSSR count). The Bertz CT molecular complexity index is 796. The van der Waals surface area contributed by atoms with Gasteiger partial charge in [0.05, 0.1) is 5.88 Å². The number of aliphatic carboxylic acids is 1. The number of ketones is 1. The number of carboxylic acids is 1. The molecule has 2 atom stereocenters. The number of alkyl halides is 1. The molecule has 1 fully saturated rings. The number of rotatable bonds is 8. The number of fused-ring (bicyclic) bond motifs is 1. The highest BCUT2D eigenvalue weighted by molar-refractivity contribution is 8.00. The molecule has 28 heavy (non-hydrogen) atoms. The number of oxime groups is 1. The van der Waals surface area contributed by atoms with Gasteiger partial charge in [0.25, 0.3) is 11.8 Å². The van der Waals surface area contributed by atoms with Crippen LogP contribution in [0.5, 0.6) is 0 Å². The number of Topliss-reactive ketones (excluding diaryl/α,β-unsaturated/α-hetero) is 1. The second-order valence-electron chi connectivity index (χ2n) is 5.58. The van der Waals surface area contributed by atoms with E-state index < -0.39 is 52.5 Å². The van der Waals surface area contributed by atoms with Crippen LogP contribution in [0.3, 0.4) is 0 Å². The molecule has 152 valence electrons. The normalized spacial score (nSPS) is 21.5. The molecule has 0 spiro atoms. The fraction of sp³-hybridized carbons (Fsp3) is 0.467. The molecule has 0 aromatic carbocycles. The average molecular weight is 434 g/mol. The summed E-state index contributed by atoms with van der Waals surface area (Å²) < 4.78 is 4.83. The summed E-state index contributed by atoms with van der Waals surface area (Å²) in [6.45, 7) is 0.924. The van der Waals surface area contributed by atoms with Gasteiger partial charge in [-0.1, -0.05) is 5.16 Å². The zero-order valence-corrected chi connectivity index (χ0v) is 16.3. The fourth-order valence-corrected chi connectivity index (χ4v) is 4.02. The zero-order chi connectivity index (χ0) is 21.0. The molecule has 0 bridgehead atoms. The van der Waals surface area contributed by atoms with Crippen LogP contribution < -0.4 is 5.32 Å². The molecule has 13 heteroatoms. The lowest BCUT2D eigenvalue weighted by Gasteiger charge is -2.49. The Balaban J connectivity index is 2.18. The van der Waals surface area contributed by atoms with Crippen LogP contribution in [0.25, 0.3) is 0 Å². The van der Waals surface area contributed by atoms with Crippen molar-refractivity contribution in [3.8, 4) is 0 Å². The predicted octanol–water partition coefficient (Wildman–Crippen LogP) is -0.902. The number of hydrogen-bond acceptors (Lipinski definition) is 9. The van der Waals surface area contributed by atoms with Crippen molar-refractivity contribution in [1.82, 2.24) is 10.2 Å². The molecular weight excluding hydrogens is 418 g/mol. The highest BCUT2D eigenvalue weighted by Crippen LogP contribution is 2.40. The van der Waals surface area contributed by atoms with E-state index in [1.807, 2.05) is 0 Å². The molecule has 0 radical (unpaired) electrons. The summed E-state index contributed by atoms with van der Waals surface area (Å²) in [7, 11) is 1.14. The molecule has 11 nitrogen and oxygen atoms in total. The maximum Gasteiger partial charge on any atom is 0.352 e. The number of nitrogens with zero attached hydrogens (tertiary/aromatic N) is 2. The number of ether oxygens (including phenoxy) is 1. The summed E-state index contributed by atoms with van der Waals surface area (Å²) >= 11 is 6.60. The van der Waals surface area contributed by atoms with Crippen LogP contribution in [-0.4, -0.2) is 82.0 Å². The molecule has 0 aliphatic carbocycles. The molecule has 0 aromatic heterocycles. The van der Waals surface area contributed by atoms with Crippen LogP contribution in [0.15, 0.2) is 16.4 Å². The molecule has 2 heterocycles. The van der Waals surface area contributed by atoms with Gasteiger partial charge in [-0.15, -0.1) is 23.4 Å². The van der Waals surface area contributed by atoms with Gasteiger partial charge in [0.1, 0.15) is 30.8 Å². The Morgan fingerprint density at radius 1 is 1.39 bits per heavy atom. The van der Waals surface area contributed by atoms with Crippen LogP contribution in [-0.2, 0) is 33.5 Å². The van der Waals surface area contributed by atoms with E-state index >= 15 is 0 Å². The van der Waals surface area contributed by atoms with Gasteiger partial charge >= 0.3 is 11.9 Å². The molecular formula is C15H16ClN3O8S. The van der Waals surface area contributed by atoms with Crippen molar-refractivity contribution in [1.29, 1.82) is 0 Å². The molecule has 2 amide bonds. The maximum absolute atomic E-state index is 12.5. The summed E-state index contributed by atoms with van der Waals surface area (Å²) in [5.74, 6) is -4.71. The number of hydrogen-bond donors (Lipinski definition) is 2. The smallest absolute Gasteiger partial charge is 0.352 e. The van der Waals surface area contributed by atoms with Crippen LogP contribution in [0, 0.1) is 0 Å². The van der Waals surface area contributed by atoms with Crippen molar-refractivity contribution in [2.24, 2.45) is 5.16 Å². The highest BCUT2D eigenvalue weighted by atomic mass is 35.5. The first-order chi connectivity index (χ1) is 13.2. The number of halogens is 1. The summed E-state index contributed by atoms with van der Waals surface area (Å²) in [6, 6.07) is -1.06. The van der Waals surface area contributed by atoms with Gasteiger partial charge in [-0.25, -0.2) is 4.79 Å². The lowest BCUT2D eigenvalue weighted by molar-refractivity contribution is -0.150. The number of carbonyl (C=O) groups is 5. The first-order valence-electron chi connectivity index (χ1n) is 7.77. The molecule has 0 aromatic rings. The van der Waals surface area contributed by atoms with Crippen LogP contribution >= 0.6 is 23.4 Å². The number of β-lactam (4-membered cyclic amide) rings is 1. The van der Waals surface area contributed by atoms with Crippen molar-refractivity contribution in [3.05, 3.63) is 11.3 Å². The van der Waals surface area contributed by atoms with Gasteiger partial charge in [0.15, 0.2) is 0 Å². The van der Waals surface area contributed by atoms with E-state index in [2.05, 4.69) is 15.3 Å². The molecule has 1 unspecified atom stereocenters. The maximum atomic E-state index is 12.5. The Morgan fingerprint density at radius 3 is 2.61 bits per heavy atom. The molecule has 2 aliphatic heterocycles. The summed E-state index contributed by atoms with van der Waals surface area (Å²) in [5.41, 5.74) is -0.627. The van der Waals surface area contributed by atoms with Crippen molar-refractivity contribution < 1.29 is 38.7 Å². The lowest BCUT2D eigenvalue weighted by atomic mass is 10.0. The minimum Gasteiger partial charge on any atom is -0.477 e. The van der Waals surface area contributed by atoms with E-state index in [0.717, 1.165) is 12.0 Å². The number of amides is 2. The Hall–Kier alpha value is -2.60. The van der Waals surface area contributed by atoms with E-state index in [-0.39, 0.29) is 23.6 Å². The third kappa shape index (κ3) is 4.28. The van der Waals surface area contributed by atoms with Crippen LogP contribution in [0.4, 0.5) is 0 Å². The van der Waals surface area contributed by atoms with Crippen molar-refractivity contribution in [2.45, 2.75) is 18.3 Å². The fourth-order valence-electron chi connectivity index (χ4n) is 2.57. The average Bonchev–Trinajstić information content (AvgIpc) is 2.66. The number of carboxylic acid groups (broad SMARTS) is 1. The van der Waals surface area contributed by atoms with Gasteiger partial charge in [0, 0.05) is 18.2 Å². The van der Waals surface area contributed by atoms with E-state index in [0.29, 0.717) is 0 Å². The molecule has 2 aliphatic rings. The largest absolute Gasteiger partial charge is 0.477 e. The highest BCUT2D eigenvalue weighted by Gasteiger charge is 2.54. The van der Waals surface area contributed by atoms with Gasteiger partial charge in [-0.05, 0) is 0 Å². The van der Waals surface area contributed by atoms with E-state index in [9.17, 15) is 29.1 Å². The molecule has 1 saturated heterocycles. The first kappa shape index (κ1) is 21.7. The van der Waals surface area contributed by atoms with Crippen molar-refractivity contribution in [3.63, 3.8) is 0 Å². The molecule has 2 N–H and O–H groups in total. The van der Waals surface area contributed by atoms with Gasteiger partial charge in [-0.2, -0.15) is 0 Å². The third-order valence-electron chi connectivity index (χ3n) is 3.77. The minimum atomic E-state index is -1.36. The lowest BCUT2D eigenvalue weighted by Crippen LogP contribution is -2.71. The zero-order valence-electron chi connectivity index (χ0n) is 14.8. The van der Waals surface area contributed by atoms with E-state index in [4.69, 9.17) is 16.3 Å². The SMILES string of the molecule is CO/N=C(/C(=O)CCl)C(=O)NC1C(=O)N2C(C(=O)O)=C(COC(C)=O)CS[C@H]12. The van der Waals surface area contributed by atoms with Gasteiger partial charge in [-0.3, -0.25) is 24.1 Å². The minimum absolute atomic E-state index is 0.176. The first-order valence-corrected chi connectivity index (χ1v) is 9.35. The van der Waals surface area contributed by atoms with Crippen LogP contribution in [0.1, 0.15) is 6.92 Å². The summed E-state index contributed by atoms with van der Waals surface area (Å²) in [4.78, 5) is 64.4. The quantitative estimate of drug-likeness (QED) is 0.124. The summed E-state index contributed by atoms with van der Waals surface area (Å²) in [6.07, 6.45) is 0. The van der Waals surface area contributed by atoms with E-state index in [1.165, 1.54) is 18.7 Å². The number of carbonyl (C=O) groups excluding carboxylic acids is 4. The van der Waals surface area contributed by atoms with Gasteiger partial charge in [0.2, 0.25) is 11.5 Å². The number of esters is 1. The van der Waals surface area contributed by atoms with E-state index in [1.54, 1.807) is 0 Å². The number of nitrogens with one attached hydrogen (secondary N) is 1.